The van der Waals surface area contributed by atoms with Crippen molar-refractivity contribution < 1.29 is 0 Å². The third kappa shape index (κ3) is 2.52. The summed E-state index contributed by atoms with van der Waals surface area (Å²) in [5.41, 5.74) is 5.65. The van der Waals surface area contributed by atoms with Crippen molar-refractivity contribution in [1.29, 1.82) is 0 Å². The highest BCUT2D eigenvalue weighted by Gasteiger charge is 2.28. The number of hydrogen-bond acceptors (Lipinski definition) is 4. The van der Waals surface area contributed by atoms with Gasteiger partial charge in [-0.1, -0.05) is 25.1 Å². The van der Waals surface area contributed by atoms with Gasteiger partial charge < -0.3 is 10.3 Å². The molecule has 0 atom stereocenters. The maximum absolute atomic E-state index is 5.65. The summed E-state index contributed by atoms with van der Waals surface area (Å²) in [7, 11) is 0. The fourth-order valence-electron chi connectivity index (χ4n) is 1.55. The predicted octanol–water partition coefficient (Wildman–Crippen LogP) is 1.96. The molecule has 0 radical (unpaired) electrons. The molecule has 15 heavy (non-hydrogen) atoms. The molecule has 5 heteroatoms. The minimum atomic E-state index is 0.498. The number of hydrogen-bond donors (Lipinski definition) is 1. The Labute approximate surface area is 94.6 Å². The van der Waals surface area contributed by atoms with E-state index in [9.17, 15) is 0 Å². The monoisotopic (exact) mass is 226 g/mol. The van der Waals surface area contributed by atoms with Crippen LogP contribution in [0.5, 0.6) is 0 Å². The molecule has 4 nitrogen and oxygen atoms in total. The number of rotatable bonds is 6. The van der Waals surface area contributed by atoms with Gasteiger partial charge in [0.2, 0.25) is 0 Å². The number of nitrogens with zero attached hydrogens (tertiary/aromatic N) is 3. The van der Waals surface area contributed by atoms with Crippen LogP contribution in [-0.4, -0.2) is 20.5 Å². The minimum Gasteiger partial charge on any atom is -0.324 e. The van der Waals surface area contributed by atoms with Gasteiger partial charge in [0.1, 0.15) is 5.82 Å². The van der Waals surface area contributed by atoms with Crippen molar-refractivity contribution in [2.24, 2.45) is 5.73 Å². The van der Waals surface area contributed by atoms with E-state index < -0.39 is 0 Å². The lowest BCUT2D eigenvalue weighted by molar-refractivity contribution is 0.626. The van der Waals surface area contributed by atoms with Crippen molar-refractivity contribution in [2.75, 3.05) is 5.75 Å². The number of thioether (sulfide) groups is 1. The topological polar surface area (TPSA) is 56.7 Å². The van der Waals surface area contributed by atoms with Gasteiger partial charge in [-0.15, -0.1) is 10.2 Å². The second-order valence-electron chi connectivity index (χ2n) is 3.91. The van der Waals surface area contributed by atoms with Crippen LogP contribution in [0.3, 0.4) is 0 Å². The van der Waals surface area contributed by atoms with E-state index in [1.807, 2.05) is 11.8 Å². The van der Waals surface area contributed by atoms with Gasteiger partial charge in [0, 0.05) is 11.8 Å². The predicted molar refractivity (Wildman–Crippen MR) is 61.8 cm³/mol. The van der Waals surface area contributed by atoms with E-state index in [1.54, 1.807) is 0 Å². The summed E-state index contributed by atoms with van der Waals surface area (Å²) in [4.78, 5) is 0. The van der Waals surface area contributed by atoms with Gasteiger partial charge in [0.25, 0.3) is 0 Å². The quantitative estimate of drug-likeness (QED) is 0.595. The smallest absolute Gasteiger partial charge is 0.191 e. The lowest BCUT2D eigenvalue weighted by atomic mass is 10.4. The summed E-state index contributed by atoms with van der Waals surface area (Å²) >= 11 is 1.81. The standard InChI is InChI=1S/C10H18N4S/c1-2-3-6-15-10-13-12-9(7-11)14(10)8-4-5-8/h8H,2-7,11H2,1H3. The van der Waals surface area contributed by atoms with E-state index in [-0.39, 0.29) is 0 Å². The van der Waals surface area contributed by atoms with Gasteiger partial charge in [-0.05, 0) is 19.3 Å². The average molecular weight is 226 g/mol. The second kappa shape index (κ2) is 4.99. The molecule has 84 valence electrons. The highest BCUT2D eigenvalue weighted by molar-refractivity contribution is 7.99. The molecule has 0 aromatic carbocycles. The molecule has 1 heterocycles. The summed E-state index contributed by atoms with van der Waals surface area (Å²) in [6.45, 7) is 2.70. The maximum Gasteiger partial charge on any atom is 0.191 e. The first-order chi connectivity index (χ1) is 7.36. The molecule has 0 unspecified atom stereocenters. The number of nitrogens with two attached hydrogens (primary N) is 1. The molecule has 2 rings (SSSR count). The molecule has 1 aromatic heterocycles. The van der Waals surface area contributed by atoms with Crippen LogP contribution in [0, 0.1) is 0 Å². The minimum absolute atomic E-state index is 0.498. The first kappa shape index (κ1) is 11.0. The van der Waals surface area contributed by atoms with Crippen LogP contribution < -0.4 is 5.73 Å². The Morgan fingerprint density at radius 2 is 2.27 bits per heavy atom. The van der Waals surface area contributed by atoms with Gasteiger partial charge in [-0.25, -0.2) is 0 Å². The number of aromatic nitrogens is 3. The van der Waals surface area contributed by atoms with Crippen molar-refractivity contribution in [3.8, 4) is 0 Å². The Bertz CT molecular complexity index is 319. The first-order valence-corrected chi connectivity index (χ1v) is 6.62. The van der Waals surface area contributed by atoms with Crippen LogP contribution in [0.1, 0.15) is 44.5 Å². The zero-order valence-corrected chi connectivity index (χ0v) is 9.96. The fourth-order valence-corrected chi connectivity index (χ4v) is 2.66. The van der Waals surface area contributed by atoms with Gasteiger partial charge >= 0.3 is 0 Å². The van der Waals surface area contributed by atoms with Gasteiger partial charge in [0.15, 0.2) is 5.16 Å². The molecule has 0 spiro atoms. The molecule has 0 saturated heterocycles. The van der Waals surface area contributed by atoms with E-state index in [1.165, 1.54) is 25.7 Å². The molecule has 1 saturated carbocycles. The highest BCUT2D eigenvalue weighted by atomic mass is 32.2. The Hall–Kier alpha value is -0.550. The molecule has 1 aromatic rings. The van der Waals surface area contributed by atoms with Crippen LogP contribution in [-0.2, 0) is 6.54 Å². The highest BCUT2D eigenvalue weighted by Crippen LogP contribution is 2.38. The Morgan fingerprint density at radius 1 is 1.47 bits per heavy atom. The Balaban J connectivity index is 2.05. The lowest BCUT2D eigenvalue weighted by Crippen LogP contribution is -2.08. The fraction of sp³-hybridized carbons (Fsp3) is 0.800. The Morgan fingerprint density at radius 3 is 2.87 bits per heavy atom. The van der Waals surface area contributed by atoms with Crippen molar-refractivity contribution in [3.63, 3.8) is 0 Å². The molecular weight excluding hydrogens is 208 g/mol. The Kier molecular flexibility index (Phi) is 3.64. The molecule has 1 aliphatic carbocycles. The summed E-state index contributed by atoms with van der Waals surface area (Å²) in [5, 5.41) is 9.42. The zero-order chi connectivity index (χ0) is 10.7. The first-order valence-electron chi connectivity index (χ1n) is 5.63. The molecule has 0 amide bonds. The summed E-state index contributed by atoms with van der Waals surface area (Å²) in [6.07, 6.45) is 4.98. The van der Waals surface area contributed by atoms with Crippen LogP contribution >= 0.6 is 11.8 Å². The van der Waals surface area contributed by atoms with E-state index in [0.717, 1.165) is 16.7 Å². The molecule has 1 aliphatic rings. The summed E-state index contributed by atoms with van der Waals surface area (Å²) in [5.74, 6) is 2.07. The largest absolute Gasteiger partial charge is 0.324 e. The van der Waals surface area contributed by atoms with E-state index >= 15 is 0 Å². The molecular formula is C10H18N4S. The van der Waals surface area contributed by atoms with Crippen molar-refractivity contribution in [2.45, 2.75) is 50.4 Å². The van der Waals surface area contributed by atoms with Crippen LogP contribution in [0.15, 0.2) is 5.16 Å². The van der Waals surface area contributed by atoms with E-state index in [4.69, 9.17) is 5.73 Å². The van der Waals surface area contributed by atoms with Crippen LogP contribution in [0.2, 0.25) is 0 Å². The van der Waals surface area contributed by atoms with Crippen molar-refractivity contribution in [3.05, 3.63) is 5.82 Å². The van der Waals surface area contributed by atoms with E-state index in [0.29, 0.717) is 12.6 Å². The van der Waals surface area contributed by atoms with Gasteiger partial charge in [-0.2, -0.15) is 0 Å². The molecule has 0 aliphatic heterocycles. The molecule has 2 N–H and O–H groups in total. The van der Waals surface area contributed by atoms with Gasteiger partial charge in [-0.3, -0.25) is 0 Å². The van der Waals surface area contributed by atoms with Crippen molar-refractivity contribution >= 4 is 11.8 Å². The van der Waals surface area contributed by atoms with Crippen molar-refractivity contribution in [1.82, 2.24) is 14.8 Å². The summed E-state index contributed by atoms with van der Waals surface area (Å²) in [6, 6.07) is 0.627. The van der Waals surface area contributed by atoms with Crippen LogP contribution in [0.25, 0.3) is 0 Å². The SMILES string of the molecule is CCCCSc1nnc(CN)n1C1CC1. The third-order valence-corrected chi connectivity index (χ3v) is 3.59. The average Bonchev–Trinajstić information content (AvgIpc) is 3.00. The second-order valence-corrected chi connectivity index (χ2v) is 4.97. The van der Waals surface area contributed by atoms with Gasteiger partial charge in [0.05, 0.1) is 6.54 Å². The third-order valence-electron chi connectivity index (χ3n) is 2.56. The molecule has 0 bridgehead atoms. The zero-order valence-electron chi connectivity index (χ0n) is 9.15. The normalized spacial score (nSPS) is 15.9. The van der Waals surface area contributed by atoms with Crippen LogP contribution in [0.4, 0.5) is 0 Å². The molecule has 1 fully saturated rings. The van der Waals surface area contributed by atoms with E-state index in [2.05, 4.69) is 21.7 Å². The number of unbranched alkanes of at least 4 members (excludes halogenated alkanes) is 1. The maximum atomic E-state index is 5.65. The summed E-state index contributed by atoms with van der Waals surface area (Å²) < 4.78 is 2.24. The lowest BCUT2D eigenvalue weighted by Gasteiger charge is -2.06.